The van der Waals surface area contributed by atoms with E-state index in [1.165, 1.54) is 47.8 Å². The maximum Gasteiger partial charge on any atom is 0.123 e. The molecule has 1 aromatic heterocycles. The van der Waals surface area contributed by atoms with E-state index in [-0.39, 0.29) is 0 Å². The van der Waals surface area contributed by atoms with Crippen molar-refractivity contribution >= 4 is 10.8 Å². The molecule has 1 aliphatic rings. The molecule has 1 fully saturated rings. The van der Waals surface area contributed by atoms with Gasteiger partial charge in [0, 0.05) is 25.5 Å². The van der Waals surface area contributed by atoms with Crippen LogP contribution in [0.1, 0.15) is 24.0 Å². The summed E-state index contributed by atoms with van der Waals surface area (Å²) in [4.78, 5) is 2.62. The second kappa shape index (κ2) is 10.1. The fourth-order valence-corrected chi connectivity index (χ4v) is 4.80. The molecule has 0 aliphatic carbocycles. The summed E-state index contributed by atoms with van der Waals surface area (Å²) in [7, 11) is 0. The Bertz CT molecular complexity index is 1090. The summed E-state index contributed by atoms with van der Waals surface area (Å²) in [6.45, 7) is 5.25. The van der Waals surface area contributed by atoms with Gasteiger partial charge in [-0.1, -0.05) is 72.8 Å². The molecule has 3 nitrogen and oxygen atoms in total. The Morgan fingerprint density at radius 2 is 1.41 bits per heavy atom. The first-order valence-corrected chi connectivity index (χ1v) is 11.8. The Hall–Kier alpha value is -3.04. The molecule has 0 atom stereocenters. The average Bonchev–Trinajstić information content (AvgIpc) is 3.26. The minimum Gasteiger partial charge on any atom is -0.489 e. The highest BCUT2D eigenvalue weighted by atomic mass is 16.5. The monoisotopic (exact) mass is 424 g/mol. The smallest absolute Gasteiger partial charge is 0.123 e. The van der Waals surface area contributed by atoms with Gasteiger partial charge in [-0.15, -0.1) is 0 Å². The molecule has 5 rings (SSSR count). The van der Waals surface area contributed by atoms with Crippen molar-refractivity contribution in [2.24, 2.45) is 5.92 Å². The number of rotatable bonds is 8. The molecule has 3 aromatic carbocycles. The van der Waals surface area contributed by atoms with Crippen LogP contribution in [0, 0.1) is 5.92 Å². The molecule has 2 heterocycles. The quantitative estimate of drug-likeness (QED) is 0.336. The van der Waals surface area contributed by atoms with Gasteiger partial charge in [0.05, 0.1) is 0 Å². The Kier molecular flexibility index (Phi) is 6.55. The molecule has 3 heteroatoms. The van der Waals surface area contributed by atoms with Gasteiger partial charge >= 0.3 is 0 Å². The van der Waals surface area contributed by atoms with Crippen molar-refractivity contribution in [2.75, 3.05) is 19.6 Å². The van der Waals surface area contributed by atoms with Crippen LogP contribution in [0.2, 0.25) is 0 Å². The minimum atomic E-state index is 0.623. The number of piperidine rings is 1. The van der Waals surface area contributed by atoms with Crippen molar-refractivity contribution in [3.63, 3.8) is 0 Å². The number of nitrogens with zero attached hydrogens (tertiary/aromatic N) is 2. The lowest BCUT2D eigenvalue weighted by Crippen LogP contribution is -2.36. The van der Waals surface area contributed by atoms with Crippen molar-refractivity contribution in [1.29, 1.82) is 0 Å². The lowest BCUT2D eigenvalue weighted by molar-refractivity contribution is 0.175. The highest BCUT2D eigenvalue weighted by Gasteiger charge is 2.20. The lowest BCUT2D eigenvalue weighted by atomic mass is 9.96. The third-order valence-electron chi connectivity index (χ3n) is 6.69. The molecule has 0 unspecified atom stereocenters. The number of ether oxygens (including phenoxy) is 1. The molecular formula is C29H32N2O. The maximum atomic E-state index is 6.15. The Labute approximate surface area is 191 Å². The predicted octanol–water partition coefficient (Wildman–Crippen LogP) is 6.18. The van der Waals surface area contributed by atoms with Crippen LogP contribution < -0.4 is 4.74 Å². The van der Waals surface area contributed by atoms with Crippen molar-refractivity contribution < 1.29 is 4.74 Å². The number of para-hydroxylation sites is 1. The molecule has 1 aliphatic heterocycles. The van der Waals surface area contributed by atoms with E-state index in [1.54, 1.807) is 0 Å². The Balaban J connectivity index is 1.10. The van der Waals surface area contributed by atoms with Gasteiger partial charge in [-0.05, 0) is 66.2 Å². The molecule has 0 spiro atoms. The van der Waals surface area contributed by atoms with Crippen LogP contribution in [-0.2, 0) is 19.6 Å². The summed E-state index contributed by atoms with van der Waals surface area (Å²) in [5, 5.41) is 2.69. The van der Waals surface area contributed by atoms with E-state index in [1.807, 2.05) is 6.07 Å². The second-order valence-corrected chi connectivity index (χ2v) is 9.00. The number of likely N-dealkylation sites (tertiary alicyclic amines) is 1. The van der Waals surface area contributed by atoms with Gasteiger partial charge in [-0.2, -0.15) is 0 Å². The Morgan fingerprint density at radius 3 is 2.16 bits per heavy atom. The van der Waals surface area contributed by atoms with E-state index in [0.29, 0.717) is 6.61 Å². The molecule has 164 valence electrons. The molecule has 1 saturated heterocycles. The zero-order valence-electron chi connectivity index (χ0n) is 18.7. The summed E-state index contributed by atoms with van der Waals surface area (Å²) in [5.74, 6) is 1.79. The molecule has 4 aromatic rings. The van der Waals surface area contributed by atoms with Gasteiger partial charge in [0.2, 0.25) is 0 Å². The molecule has 0 bridgehead atoms. The molecule has 0 amide bonds. The van der Waals surface area contributed by atoms with E-state index in [4.69, 9.17) is 4.74 Å². The number of hydrogen-bond donors (Lipinski definition) is 0. The summed E-state index contributed by atoms with van der Waals surface area (Å²) in [5.41, 5.74) is 2.52. The third-order valence-corrected chi connectivity index (χ3v) is 6.69. The zero-order valence-corrected chi connectivity index (χ0v) is 18.7. The van der Waals surface area contributed by atoms with Gasteiger partial charge in [0.1, 0.15) is 12.4 Å². The highest BCUT2D eigenvalue weighted by molar-refractivity contribution is 5.82. The fraction of sp³-hybridized carbons (Fsp3) is 0.310. The van der Waals surface area contributed by atoms with Crippen molar-refractivity contribution in [3.8, 4) is 5.75 Å². The topological polar surface area (TPSA) is 17.4 Å². The minimum absolute atomic E-state index is 0.623. The first-order chi connectivity index (χ1) is 15.8. The van der Waals surface area contributed by atoms with Gasteiger partial charge in [0.15, 0.2) is 0 Å². The first kappa shape index (κ1) is 20.8. The van der Waals surface area contributed by atoms with E-state index in [2.05, 4.69) is 94.7 Å². The lowest BCUT2D eigenvalue weighted by Gasteiger charge is -2.32. The van der Waals surface area contributed by atoms with Gasteiger partial charge in [-0.25, -0.2) is 0 Å². The van der Waals surface area contributed by atoms with E-state index in [9.17, 15) is 0 Å². The van der Waals surface area contributed by atoms with Crippen LogP contribution in [0.4, 0.5) is 0 Å². The van der Waals surface area contributed by atoms with Crippen LogP contribution in [-0.4, -0.2) is 29.1 Å². The van der Waals surface area contributed by atoms with E-state index >= 15 is 0 Å². The van der Waals surface area contributed by atoms with Crippen molar-refractivity contribution in [3.05, 3.63) is 102 Å². The van der Waals surface area contributed by atoms with Gasteiger partial charge in [0.25, 0.3) is 0 Å². The summed E-state index contributed by atoms with van der Waals surface area (Å²) >= 11 is 0. The van der Waals surface area contributed by atoms with Gasteiger partial charge in [-0.3, -0.25) is 0 Å². The van der Waals surface area contributed by atoms with Crippen molar-refractivity contribution in [1.82, 2.24) is 9.47 Å². The summed E-state index contributed by atoms with van der Waals surface area (Å²) in [6.07, 6.45) is 8.20. The molecule has 0 saturated carbocycles. The summed E-state index contributed by atoms with van der Waals surface area (Å²) < 4.78 is 8.54. The molecular weight excluding hydrogens is 392 g/mol. The molecule has 32 heavy (non-hydrogen) atoms. The zero-order chi connectivity index (χ0) is 21.6. The standard InChI is InChI=1S/C29H32N2O/c1-2-8-25(9-3-1)23-32-29-13-7-6-10-26(29)16-19-30-17-14-24(15-18-30)20-31-21-27-11-4-5-12-28(27)22-31/h1-13,21-22,24H,14-20,23H2. The molecule has 0 radical (unpaired) electrons. The molecule has 0 N–H and O–H groups in total. The number of fused-ring (bicyclic) bond motifs is 1. The number of aromatic nitrogens is 1. The Morgan fingerprint density at radius 1 is 0.750 bits per heavy atom. The van der Waals surface area contributed by atoms with E-state index < -0.39 is 0 Å². The predicted molar refractivity (Wildman–Crippen MR) is 132 cm³/mol. The van der Waals surface area contributed by atoms with Crippen molar-refractivity contribution in [2.45, 2.75) is 32.4 Å². The fourth-order valence-electron chi connectivity index (χ4n) is 4.80. The maximum absolute atomic E-state index is 6.15. The second-order valence-electron chi connectivity index (χ2n) is 9.00. The number of benzene rings is 3. The summed E-state index contributed by atoms with van der Waals surface area (Å²) in [6, 6.07) is 27.6. The average molecular weight is 425 g/mol. The number of hydrogen-bond acceptors (Lipinski definition) is 2. The van der Waals surface area contributed by atoms with Crippen LogP contribution in [0.15, 0.2) is 91.3 Å². The van der Waals surface area contributed by atoms with Gasteiger partial charge < -0.3 is 14.2 Å². The first-order valence-electron chi connectivity index (χ1n) is 11.8. The SMILES string of the molecule is c1ccc(COc2ccccc2CCN2CCC(Cn3cc4ccccc4c3)CC2)cc1. The van der Waals surface area contributed by atoms with Crippen LogP contribution in [0.3, 0.4) is 0 Å². The van der Waals surface area contributed by atoms with Crippen LogP contribution in [0.5, 0.6) is 5.75 Å². The highest BCUT2D eigenvalue weighted by Crippen LogP contribution is 2.24. The van der Waals surface area contributed by atoms with Crippen LogP contribution >= 0.6 is 0 Å². The third kappa shape index (κ3) is 5.23. The van der Waals surface area contributed by atoms with E-state index in [0.717, 1.165) is 31.2 Å². The van der Waals surface area contributed by atoms with Crippen LogP contribution in [0.25, 0.3) is 10.8 Å². The normalized spacial score (nSPS) is 15.2. The largest absolute Gasteiger partial charge is 0.489 e.